The number of nitrogens with zero attached hydrogens (tertiary/aromatic N) is 1. The molecule has 70 valence electrons. The monoisotopic (exact) mass is 169 g/mol. The first kappa shape index (κ1) is 8.52. The van der Waals surface area contributed by atoms with Crippen LogP contribution in [0.2, 0.25) is 0 Å². The van der Waals surface area contributed by atoms with Gasteiger partial charge >= 0.3 is 0 Å². The van der Waals surface area contributed by atoms with Crippen molar-refractivity contribution in [2.75, 3.05) is 19.7 Å². The van der Waals surface area contributed by atoms with Gasteiger partial charge < -0.3 is 5.11 Å². The van der Waals surface area contributed by atoms with Gasteiger partial charge in [-0.1, -0.05) is 6.42 Å². The molecule has 0 aromatic carbocycles. The Balaban J connectivity index is 1.87. The number of aliphatic hydroxyl groups is 1. The van der Waals surface area contributed by atoms with E-state index in [1.807, 2.05) is 0 Å². The minimum absolute atomic E-state index is 0.0147. The summed E-state index contributed by atoms with van der Waals surface area (Å²) in [6, 6.07) is 0. The standard InChI is InChI=1S/C10H19NO/c1-9(2,8-12)11-6-10(7-11)4-3-5-10/h12H,3-8H2,1-2H3. The number of aliphatic hydroxyl groups excluding tert-OH is 1. The lowest BCUT2D eigenvalue weighted by Crippen LogP contribution is -2.66. The Hall–Kier alpha value is -0.0800. The number of rotatable bonds is 2. The molecular formula is C10H19NO. The van der Waals surface area contributed by atoms with Crippen LogP contribution in [0.25, 0.3) is 0 Å². The molecule has 0 bridgehead atoms. The van der Waals surface area contributed by atoms with E-state index in [1.54, 1.807) is 0 Å². The van der Waals surface area contributed by atoms with Crippen LogP contribution < -0.4 is 0 Å². The minimum Gasteiger partial charge on any atom is -0.394 e. The van der Waals surface area contributed by atoms with Crippen molar-refractivity contribution in [2.24, 2.45) is 5.41 Å². The van der Waals surface area contributed by atoms with Crippen molar-refractivity contribution >= 4 is 0 Å². The molecule has 2 fully saturated rings. The average molecular weight is 169 g/mol. The Morgan fingerprint density at radius 3 is 2.25 bits per heavy atom. The molecule has 12 heavy (non-hydrogen) atoms. The van der Waals surface area contributed by atoms with Crippen LogP contribution in [-0.2, 0) is 0 Å². The van der Waals surface area contributed by atoms with Crippen molar-refractivity contribution < 1.29 is 5.11 Å². The summed E-state index contributed by atoms with van der Waals surface area (Å²) in [5.41, 5.74) is 0.702. The van der Waals surface area contributed by atoms with E-state index in [9.17, 15) is 0 Å². The van der Waals surface area contributed by atoms with Crippen LogP contribution in [0.3, 0.4) is 0 Å². The zero-order valence-electron chi connectivity index (χ0n) is 8.14. The Bertz CT molecular complexity index is 176. The molecule has 1 saturated carbocycles. The SMILES string of the molecule is CC(C)(CO)N1CC2(CCC2)C1. The summed E-state index contributed by atoms with van der Waals surface area (Å²) in [6.45, 7) is 6.97. The Kier molecular flexibility index (Phi) is 1.74. The first-order chi connectivity index (χ1) is 5.58. The smallest absolute Gasteiger partial charge is 0.0610 e. The highest BCUT2D eigenvalue weighted by atomic mass is 16.3. The number of hydrogen-bond acceptors (Lipinski definition) is 2. The van der Waals surface area contributed by atoms with Gasteiger partial charge in [-0.25, -0.2) is 0 Å². The molecule has 1 saturated heterocycles. The second-order valence-corrected chi connectivity index (χ2v) is 5.18. The summed E-state index contributed by atoms with van der Waals surface area (Å²) >= 11 is 0. The van der Waals surface area contributed by atoms with Gasteiger partial charge in [-0.05, 0) is 32.1 Å². The molecule has 1 spiro atoms. The molecule has 0 radical (unpaired) electrons. The topological polar surface area (TPSA) is 23.5 Å². The number of hydrogen-bond donors (Lipinski definition) is 1. The van der Waals surface area contributed by atoms with Crippen molar-refractivity contribution in [3.05, 3.63) is 0 Å². The molecule has 1 aliphatic carbocycles. The lowest BCUT2D eigenvalue weighted by Gasteiger charge is -2.60. The van der Waals surface area contributed by atoms with Crippen LogP contribution in [0.1, 0.15) is 33.1 Å². The molecule has 0 amide bonds. The summed E-state index contributed by atoms with van der Waals surface area (Å²) < 4.78 is 0. The Labute approximate surface area is 74.6 Å². The predicted molar refractivity (Wildman–Crippen MR) is 49.0 cm³/mol. The van der Waals surface area contributed by atoms with E-state index in [-0.39, 0.29) is 12.1 Å². The van der Waals surface area contributed by atoms with Gasteiger partial charge in [0.25, 0.3) is 0 Å². The maximum Gasteiger partial charge on any atom is 0.0610 e. The maximum absolute atomic E-state index is 9.15. The third-order valence-corrected chi connectivity index (χ3v) is 3.71. The van der Waals surface area contributed by atoms with E-state index in [4.69, 9.17) is 5.11 Å². The second kappa shape index (κ2) is 2.46. The molecule has 1 N–H and O–H groups in total. The summed E-state index contributed by atoms with van der Waals surface area (Å²) in [7, 11) is 0. The third kappa shape index (κ3) is 1.09. The highest BCUT2D eigenvalue weighted by Crippen LogP contribution is 2.49. The molecule has 0 aromatic rings. The van der Waals surface area contributed by atoms with Gasteiger partial charge in [0.2, 0.25) is 0 Å². The van der Waals surface area contributed by atoms with Crippen LogP contribution >= 0.6 is 0 Å². The summed E-state index contributed by atoms with van der Waals surface area (Å²) in [4.78, 5) is 2.41. The second-order valence-electron chi connectivity index (χ2n) is 5.18. The lowest BCUT2D eigenvalue weighted by atomic mass is 9.62. The van der Waals surface area contributed by atoms with Gasteiger partial charge in [-0.3, -0.25) is 4.90 Å². The van der Waals surface area contributed by atoms with Gasteiger partial charge in [0.05, 0.1) is 6.61 Å². The third-order valence-electron chi connectivity index (χ3n) is 3.71. The molecule has 1 aliphatic heterocycles. The van der Waals surface area contributed by atoms with Crippen molar-refractivity contribution in [3.8, 4) is 0 Å². The fourth-order valence-electron chi connectivity index (χ4n) is 2.28. The molecule has 0 aromatic heterocycles. The predicted octanol–water partition coefficient (Wildman–Crippen LogP) is 1.24. The maximum atomic E-state index is 9.15. The van der Waals surface area contributed by atoms with Gasteiger partial charge in [-0.2, -0.15) is 0 Å². The summed E-state index contributed by atoms with van der Waals surface area (Å²) in [5.74, 6) is 0. The first-order valence-electron chi connectivity index (χ1n) is 4.94. The van der Waals surface area contributed by atoms with Crippen molar-refractivity contribution in [1.29, 1.82) is 0 Å². The van der Waals surface area contributed by atoms with E-state index in [0.717, 1.165) is 0 Å². The molecule has 2 nitrogen and oxygen atoms in total. The molecule has 2 aliphatic rings. The van der Waals surface area contributed by atoms with E-state index in [0.29, 0.717) is 5.41 Å². The quantitative estimate of drug-likeness (QED) is 0.672. The zero-order chi connectivity index (χ0) is 8.82. The van der Waals surface area contributed by atoms with Gasteiger partial charge in [0, 0.05) is 18.6 Å². The van der Waals surface area contributed by atoms with Gasteiger partial charge in [0.15, 0.2) is 0 Å². The van der Waals surface area contributed by atoms with Crippen molar-refractivity contribution in [1.82, 2.24) is 4.90 Å². The normalized spacial score (nSPS) is 28.2. The lowest BCUT2D eigenvalue weighted by molar-refractivity contribution is -0.120. The molecule has 0 atom stereocenters. The van der Waals surface area contributed by atoms with Crippen LogP contribution in [0.15, 0.2) is 0 Å². The average Bonchev–Trinajstić information content (AvgIpc) is 1.80. The molecule has 0 unspecified atom stereocenters. The highest BCUT2D eigenvalue weighted by molar-refractivity contribution is 5.04. The summed E-state index contributed by atoms with van der Waals surface area (Å²) in [5, 5.41) is 9.15. The molecule has 1 heterocycles. The molecule has 2 rings (SSSR count). The Morgan fingerprint density at radius 1 is 1.33 bits per heavy atom. The van der Waals surface area contributed by atoms with E-state index < -0.39 is 0 Å². The van der Waals surface area contributed by atoms with E-state index in [2.05, 4.69) is 18.7 Å². The van der Waals surface area contributed by atoms with Crippen LogP contribution in [0.4, 0.5) is 0 Å². The Morgan fingerprint density at radius 2 is 1.92 bits per heavy atom. The van der Waals surface area contributed by atoms with Crippen molar-refractivity contribution in [3.63, 3.8) is 0 Å². The largest absolute Gasteiger partial charge is 0.394 e. The van der Waals surface area contributed by atoms with E-state index >= 15 is 0 Å². The van der Waals surface area contributed by atoms with E-state index in [1.165, 1.54) is 32.4 Å². The van der Waals surface area contributed by atoms with Crippen LogP contribution in [-0.4, -0.2) is 35.2 Å². The molecular weight excluding hydrogens is 150 g/mol. The van der Waals surface area contributed by atoms with Gasteiger partial charge in [0.1, 0.15) is 0 Å². The van der Waals surface area contributed by atoms with Crippen LogP contribution in [0.5, 0.6) is 0 Å². The fraction of sp³-hybridized carbons (Fsp3) is 1.00. The molecule has 2 heteroatoms. The van der Waals surface area contributed by atoms with Gasteiger partial charge in [-0.15, -0.1) is 0 Å². The summed E-state index contributed by atoms with van der Waals surface area (Å²) in [6.07, 6.45) is 4.27. The first-order valence-corrected chi connectivity index (χ1v) is 4.94. The van der Waals surface area contributed by atoms with Crippen LogP contribution in [0, 0.1) is 5.41 Å². The zero-order valence-corrected chi connectivity index (χ0v) is 8.14. The fourth-order valence-corrected chi connectivity index (χ4v) is 2.28. The highest BCUT2D eigenvalue weighted by Gasteiger charge is 2.50. The minimum atomic E-state index is 0.0147. The number of likely N-dealkylation sites (tertiary alicyclic amines) is 1. The van der Waals surface area contributed by atoms with Crippen molar-refractivity contribution in [2.45, 2.75) is 38.6 Å².